The summed E-state index contributed by atoms with van der Waals surface area (Å²) >= 11 is 5.79. The van der Waals surface area contributed by atoms with E-state index in [1.54, 1.807) is 24.3 Å². The Labute approximate surface area is 128 Å². The minimum Gasteiger partial charge on any atom is -0.387 e. The van der Waals surface area contributed by atoms with E-state index in [1.165, 1.54) is 0 Å². The molecule has 114 valence electrons. The SMILES string of the molecule is CC(C)C[C@H]1NC(=O)N(C[C@H](O)c2ccc(Cl)cc2)C1=O. The van der Waals surface area contributed by atoms with E-state index in [0.717, 1.165) is 4.90 Å². The lowest BCUT2D eigenvalue weighted by atomic mass is 10.0. The average molecular weight is 311 g/mol. The van der Waals surface area contributed by atoms with Gasteiger partial charge in [-0.3, -0.25) is 9.69 Å². The zero-order valence-electron chi connectivity index (χ0n) is 12.0. The van der Waals surface area contributed by atoms with Crippen LogP contribution in [-0.4, -0.2) is 34.5 Å². The van der Waals surface area contributed by atoms with Crippen LogP contribution in [0.3, 0.4) is 0 Å². The van der Waals surface area contributed by atoms with Crippen LogP contribution in [0.4, 0.5) is 4.79 Å². The maximum Gasteiger partial charge on any atom is 0.324 e. The third kappa shape index (κ3) is 3.74. The summed E-state index contributed by atoms with van der Waals surface area (Å²) in [6.45, 7) is 3.93. The van der Waals surface area contributed by atoms with Gasteiger partial charge < -0.3 is 10.4 Å². The Hall–Kier alpha value is -1.59. The van der Waals surface area contributed by atoms with Gasteiger partial charge in [0.15, 0.2) is 0 Å². The average Bonchev–Trinajstić information content (AvgIpc) is 2.66. The number of benzene rings is 1. The summed E-state index contributed by atoms with van der Waals surface area (Å²) in [6.07, 6.45) is -0.326. The van der Waals surface area contributed by atoms with Gasteiger partial charge in [-0.15, -0.1) is 0 Å². The first kappa shape index (κ1) is 15.8. The molecule has 0 radical (unpaired) electrons. The van der Waals surface area contributed by atoms with Gasteiger partial charge in [-0.1, -0.05) is 37.6 Å². The van der Waals surface area contributed by atoms with Crippen LogP contribution in [-0.2, 0) is 4.79 Å². The monoisotopic (exact) mass is 310 g/mol. The minimum atomic E-state index is -0.922. The first-order chi connectivity index (χ1) is 9.88. The number of carbonyl (C=O) groups excluding carboxylic acids is 2. The third-order valence-corrected chi connectivity index (χ3v) is 3.68. The fraction of sp³-hybridized carbons (Fsp3) is 0.467. The standard InChI is InChI=1S/C15H19ClN2O3/c1-9(2)7-12-14(20)18(15(21)17-12)8-13(19)10-3-5-11(16)6-4-10/h3-6,9,12-13,19H,7-8H2,1-2H3,(H,17,21)/t12-,13+/m1/s1. The van der Waals surface area contributed by atoms with Crippen molar-refractivity contribution in [1.29, 1.82) is 0 Å². The second-order valence-corrected chi connectivity index (χ2v) is 6.08. The van der Waals surface area contributed by atoms with Crippen LogP contribution in [0.25, 0.3) is 0 Å². The van der Waals surface area contributed by atoms with Gasteiger partial charge in [-0.2, -0.15) is 0 Å². The number of rotatable bonds is 5. The summed E-state index contributed by atoms with van der Waals surface area (Å²) in [5.41, 5.74) is 0.618. The van der Waals surface area contributed by atoms with E-state index in [2.05, 4.69) is 5.32 Å². The van der Waals surface area contributed by atoms with Crippen molar-refractivity contribution in [3.63, 3.8) is 0 Å². The highest BCUT2D eigenvalue weighted by atomic mass is 35.5. The normalized spacial score (nSPS) is 20.0. The van der Waals surface area contributed by atoms with E-state index in [1.807, 2.05) is 13.8 Å². The number of amides is 3. The molecular formula is C15H19ClN2O3. The topological polar surface area (TPSA) is 69.6 Å². The van der Waals surface area contributed by atoms with Crippen LogP contribution in [0.1, 0.15) is 31.9 Å². The number of aliphatic hydroxyl groups excluding tert-OH is 1. The van der Waals surface area contributed by atoms with Crippen LogP contribution in [0.5, 0.6) is 0 Å². The second kappa shape index (κ2) is 6.45. The Morgan fingerprint density at radius 3 is 2.48 bits per heavy atom. The number of hydrogen-bond acceptors (Lipinski definition) is 3. The molecule has 5 nitrogen and oxygen atoms in total. The molecule has 6 heteroatoms. The van der Waals surface area contributed by atoms with E-state index in [4.69, 9.17) is 11.6 Å². The lowest BCUT2D eigenvalue weighted by molar-refractivity contribution is -0.128. The molecule has 21 heavy (non-hydrogen) atoms. The molecule has 2 N–H and O–H groups in total. The summed E-state index contributed by atoms with van der Waals surface area (Å²) in [5, 5.41) is 13.4. The zero-order valence-corrected chi connectivity index (χ0v) is 12.8. The van der Waals surface area contributed by atoms with Gasteiger partial charge in [0.25, 0.3) is 5.91 Å². The molecule has 0 unspecified atom stereocenters. The van der Waals surface area contributed by atoms with Crippen LogP contribution >= 0.6 is 11.6 Å². The third-order valence-electron chi connectivity index (χ3n) is 3.42. The lowest BCUT2D eigenvalue weighted by Gasteiger charge is -2.18. The number of nitrogens with zero attached hydrogens (tertiary/aromatic N) is 1. The number of aliphatic hydroxyl groups is 1. The molecule has 2 atom stereocenters. The van der Waals surface area contributed by atoms with Crippen molar-refractivity contribution in [2.45, 2.75) is 32.4 Å². The van der Waals surface area contributed by atoms with Crippen molar-refractivity contribution in [2.24, 2.45) is 5.92 Å². The van der Waals surface area contributed by atoms with Crippen LogP contribution in [0.2, 0.25) is 5.02 Å². The highest BCUT2D eigenvalue weighted by Gasteiger charge is 2.38. The quantitative estimate of drug-likeness (QED) is 0.820. The molecule has 0 spiro atoms. The van der Waals surface area contributed by atoms with Crippen molar-refractivity contribution in [3.05, 3.63) is 34.9 Å². The number of halogens is 1. The fourth-order valence-electron chi connectivity index (χ4n) is 2.34. The van der Waals surface area contributed by atoms with E-state index in [-0.39, 0.29) is 12.5 Å². The molecule has 3 amide bonds. The van der Waals surface area contributed by atoms with Crippen molar-refractivity contribution < 1.29 is 14.7 Å². The largest absolute Gasteiger partial charge is 0.387 e. The molecule has 1 aliphatic rings. The van der Waals surface area contributed by atoms with Gasteiger partial charge >= 0.3 is 6.03 Å². The van der Waals surface area contributed by atoms with E-state index >= 15 is 0 Å². The minimum absolute atomic E-state index is 0.0547. The van der Waals surface area contributed by atoms with Gasteiger partial charge in [0.2, 0.25) is 0 Å². The van der Waals surface area contributed by atoms with E-state index in [9.17, 15) is 14.7 Å². The molecule has 1 aromatic rings. The molecule has 1 heterocycles. The van der Waals surface area contributed by atoms with Crippen molar-refractivity contribution in [3.8, 4) is 0 Å². The van der Waals surface area contributed by atoms with E-state index in [0.29, 0.717) is 22.9 Å². The van der Waals surface area contributed by atoms with Gasteiger partial charge in [0.05, 0.1) is 12.6 Å². The highest BCUT2D eigenvalue weighted by molar-refractivity contribution is 6.30. The Kier molecular flexibility index (Phi) is 4.85. The molecule has 1 aromatic carbocycles. The lowest BCUT2D eigenvalue weighted by Crippen LogP contribution is -2.35. The fourth-order valence-corrected chi connectivity index (χ4v) is 2.47. The molecule has 0 aromatic heterocycles. The van der Waals surface area contributed by atoms with Crippen LogP contribution in [0.15, 0.2) is 24.3 Å². The summed E-state index contributed by atoms with van der Waals surface area (Å²) in [6, 6.07) is 5.74. The Bertz CT molecular complexity index is 530. The predicted octanol–water partition coefficient (Wildman–Crippen LogP) is 2.34. The number of carbonyl (C=O) groups is 2. The molecule has 1 saturated heterocycles. The van der Waals surface area contributed by atoms with Crippen LogP contribution < -0.4 is 5.32 Å². The summed E-state index contributed by atoms with van der Waals surface area (Å²) < 4.78 is 0. The molecule has 1 fully saturated rings. The smallest absolute Gasteiger partial charge is 0.324 e. The maximum atomic E-state index is 12.2. The molecular weight excluding hydrogens is 292 g/mol. The predicted molar refractivity (Wildman–Crippen MR) is 79.9 cm³/mol. The van der Waals surface area contributed by atoms with Crippen LogP contribution in [0, 0.1) is 5.92 Å². The Morgan fingerprint density at radius 2 is 1.90 bits per heavy atom. The zero-order chi connectivity index (χ0) is 15.6. The summed E-state index contributed by atoms with van der Waals surface area (Å²) in [7, 11) is 0. The van der Waals surface area contributed by atoms with E-state index < -0.39 is 18.2 Å². The highest BCUT2D eigenvalue weighted by Crippen LogP contribution is 2.20. The van der Waals surface area contributed by atoms with Crippen molar-refractivity contribution in [1.82, 2.24) is 10.2 Å². The molecule has 0 saturated carbocycles. The summed E-state index contributed by atoms with van der Waals surface area (Å²) in [4.78, 5) is 25.1. The molecule has 0 aliphatic carbocycles. The molecule has 1 aliphatic heterocycles. The first-order valence-corrected chi connectivity index (χ1v) is 7.31. The number of hydrogen-bond donors (Lipinski definition) is 2. The molecule has 0 bridgehead atoms. The number of imide groups is 1. The number of β-amino-alcohol motifs (C(OH)–C–C–N with tert-alkyl or cyclic N) is 1. The van der Waals surface area contributed by atoms with Gasteiger partial charge in [0.1, 0.15) is 6.04 Å². The van der Waals surface area contributed by atoms with Gasteiger partial charge in [0, 0.05) is 5.02 Å². The number of urea groups is 1. The maximum absolute atomic E-state index is 12.2. The van der Waals surface area contributed by atoms with Crippen molar-refractivity contribution >= 4 is 23.5 Å². The second-order valence-electron chi connectivity index (χ2n) is 5.65. The Balaban J connectivity index is 2.03. The number of nitrogens with one attached hydrogen (secondary N) is 1. The summed E-state index contributed by atoms with van der Waals surface area (Å²) in [5.74, 6) is 0.0297. The Morgan fingerprint density at radius 1 is 1.29 bits per heavy atom. The van der Waals surface area contributed by atoms with Gasteiger partial charge in [-0.25, -0.2) is 4.79 Å². The first-order valence-electron chi connectivity index (χ1n) is 6.94. The van der Waals surface area contributed by atoms with Crippen molar-refractivity contribution in [2.75, 3.05) is 6.54 Å². The van der Waals surface area contributed by atoms with Gasteiger partial charge in [-0.05, 0) is 30.0 Å². The molecule has 2 rings (SSSR count).